The van der Waals surface area contributed by atoms with Gasteiger partial charge in [-0.15, -0.1) is 0 Å². The molecular formula is C16H28N4. The van der Waals surface area contributed by atoms with Crippen LogP contribution in [0.2, 0.25) is 0 Å². The molecule has 0 aromatic carbocycles. The van der Waals surface area contributed by atoms with Crippen molar-refractivity contribution >= 4 is 0 Å². The molecule has 0 aliphatic carbocycles. The molecule has 20 heavy (non-hydrogen) atoms. The van der Waals surface area contributed by atoms with Gasteiger partial charge in [0.1, 0.15) is 0 Å². The highest BCUT2D eigenvalue weighted by Gasteiger charge is 2.37. The van der Waals surface area contributed by atoms with Crippen LogP contribution in [0.5, 0.6) is 0 Å². The van der Waals surface area contributed by atoms with E-state index >= 15 is 0 Å². The summed E-state index contributed by atoms with van der Waals surface area (Å²) >= 11 is 0. The zero-order chi connectivity index (χ0) is 14.3. The highest BCUT2D eigenvalue weighted by Crippen LogP contribution is 2.33. The van der Waals surface area contributed by atoms with Crippen LogP contribution in [-0.4, -0.2) is 40.4 Å². The Balaban J connectivity index is 1.79. The van der Waals surface area contributed by atoms with E-state index in [-0.39, 0.29) is 0 Å². The van der Waals surface area contributed by atoms with Crippen molar-refractivity contribution in [1.29, 1.82) is 0 Å². The molecule has 0 bridgehead atoms. The van der Waals surface area contributed by atoms with E-state index in [4.69, 9.17) is 0 Å². The molecule has 4 heteroatoms. The third kappa shape index (κ3) is 2.29. The van der Waals surface area contributed by atoms with Gasteiger partial charge in [0.15, 0.2) is 0 Å². The minimum absolute atomic E-state index is 0.489. The van der Waals surface area contributed by atoms with Gasteiger partial charge in [-0.2, -0.15) is 5.10 Å². The standard InChI is InChI=1S/C16H28N4/c1-5-20-13(4)16(11(2)18-20)12(3)19-9-14-7-6-8-17-15(14)10-19/h12,14-15,17H,5-10H2,1-4H3. The van der Waals surface area contributed by atoms with Crippen molar-refractivity contribution < 1.29 is 0 Å². The number of aromatic nitrogens is 2. The molecule has 2 fully saturated rings. The van der Waals surface area contributed by atoms with Crippen molar-refractivity contribution in [1.82, 2.24) is 20.0 Å². The summed E-state index contributed by atoms with van der Waals surface area (Å²) < 4.78 is 2.14. The summed E-state index contributed by atoms with van der Waals surface area (Å²) in [4.78, 5) is 2.66. The van der Waals surface area contributed by atoms with E-state index in [2.05, 4.69) is 47.7 Å². The predicted octanol–water partition coefficient (Wildman–Crippen LogP) is 2.26. The summed E-state index contributed by atoms with van der Waals surface area (Å²) in [6, 6.07) is 1.20. The van der Waals surface area contributed by atoms with Gasteiger partial charge < -0.3 is 5.32 Å². The summed E-state index contributed by atoms with van der Waals surface area (Å²) in [5.41, 5.74) is 4.01. The van der Waals surface area contributed by atoms with E-state index in [1.54, 1.807) is 0 Å². The van der Waals surface area contributed by atoms with Crippen molar-refractivity contribution in [3.8, 4) is 0 Å². The molecule has 1 aromatic rings. The van der Waals surface area contributed by atoms with Gasteiger partial charge in [-0.05, 0) is 53.0 Å². The Morgan fingerprint density at radius 3 is 2.80 bits per heavy atom. The average Bonchev–Trinajstić information content (AvgIpc) is 2.99. The molecule has 4 nitrogen and oxygen atoms in total. The average molecular weight is 276 g/mol. The lowest BCUT2D eigenvalue weighted by Gasteiger charge is -2.25. The summed E-state index contributed by atoms with van der Waals surface area (Å²) in [6.45, 7) is 13.5. The highest BCUT2D eigenvalue weighted by molar-refractivity contribution is 5.28. The van der Waals surface area contributed by atoms with E-state index in [9.17, 15) is 0 Å². The number of nitrogens with zero attached hydrogens (tertiary/aromatic N) is 3. The van der Waals surface area contributed by atoms with Gasteiger partial charge >= 0.3 is 0 Å². The molecule has 3 rings (SSSR count). The number of nitrogens with one attached hydrogen (secondary N) is 1. The molecule has 2 aliphatic heterocycles. The van der Waals surface area contributed by atoms with E-state index < -0.39 is 0 Å². The van der Waals surface area contributed by atoms with Gasteiger partial charge in [-0.3, -0.25) is 9.58 Å². The Morgan fingerprint density at radius 2 is 2.15 bits per heavy atom. The number of aryl methyl sites for hydroxylation is 2. The Bertz CT molecular complexity index is 465. The monoisotopic (exact) mass is 276 g/mol. The molecule has 0 spiro atoms. The first-order chi connectivity index (χ1) is 9.61. The smallest absolute Gasteiger partial charge is 0.0644 e. The van der Waals surface area contributed by atoms with Crippen molar-refractivity contribution in [3.63, 3.8) is 0 Å². The maximum atomic E-state index is 4.69. The first kappa shape index (κ1) is 14.1. The molecule has 1 N–H and O–H groups in total. The van der Waals surface area contributed by atoms with Gasteiger partial charge in [-0.1, -0.05) is 0 Å². The minimum atomic E-state index is 0.489. The first-order valence-electron chi connectivity index (χ1n) is 8.13. The first-order valence-corrected chi connectivity index (χ1v) is 8.13. The van der Waals surface area contributed by atoms with E-state index in [1.165, 1.54) is 49.4 Å². The molecule has 112 valence electrons. The van der Waals surface area contributed by atoms with Crippen molar-refractivity contribution in [3.05, 3.63) is 17.0 Å². The van der Waals surface area contributed by atoms with Crippen LogP contribution in [0.4, 0.5) is 0 Å². The topological polar surface area (TPSA) is 33.1 Å². The van der Waals surface area contributed by atoms with Crippen LogP contribution < -0.4 is 5.32 Å². The molecule has 3 atom stereocenters. The van der Waals surface area contributed by atoms with Crippen LogP contribution in [0.25, 0.3) is 0 Å². The second kappa shape index (κ2) is 5.49. The van der Waals surface area contributed by atoms with Crippen LogP contribution in [0.3, 0.4) is 0 Å². The predicted molar refractivity (Wildman–Crippen MR) is 81.9 cm³/mol. The maximum Gasteiger partial charge on any atom is 0.0644 e. The lowest BCUT2D eigenvalue weighted by atomic mass is 9.94. The van der Waals surface area contributed by atoms with Crippen LogP contribution in [0.1, 0.15) is 49.7 Å². The molecule has 2 aliphatic rings. The van der Waals surface area contributed by atoms with Gasteiger partial charge in [0, 0.05) is 43.0 Å². The van der Waals surface area contributed by atoms with E-state index in [1.807, 2.05) is 0 Å². The zero-order valence-electron chi connectivity index (χ0n) is 13.3. The highest BCUT2D eigenvalue weighted by atomic mass is 15.3. The summed E-state index contributed by atoms with van der Waals surface area (Å²) in [7, 11) is 0. The second-order valence-corrected chi connectivity index (χ2v) is 6.49. The van der Waals surface area contributed by atoms with Crippen LogP contribution in [0, 0.1) is 19.8 Å². The number of rotatable bonds is 3. The molecule has 3 unspecified atom stereocenters. The number of likely N-dealkylation sites (tertiary alicyclic amines) is 1. The Labute approximate surface area is 122 Å². The van der Waals surface area contributed by atoms with Gasteiger partial charge in [-0.25, -0.2) is 0 Å². The SMILES string of the molecule is CCn1nc(C)c(C(C)N2CC3CCCNC3C2)c1C. The molecule has 0 saturated carbocycles. The molecule has 2 saturated heterocycles. The fourth-order valence-corrected chi connectivity index (χ4v) is 4.20. The molecule has 0 radical (unpaired) electrons. The van der Waals surface area contributed by atoms with E-state index in [0.717, 1.165) is 12.5 Å². The second-order valence-electron chi connectivity index (χ2n) is 6.49. The van der Waals surface area contributed by atoms with E-state index in [0.29, 0.717) is 12.1 Å². The minimum Gasteiger partial charge on any atom is -0.312 e. The lowest BCUT2D eigenvalue weighted by molar-refractivity contribution is 0.249. The summed E-state index contributed by atoms with van der Waals surface area (Å²) in [5.74, 6) is 0.855. The van der Waals surface area contributed by atoms with Gasteiger partial charge in [0.05, 0.1) is 5.69 Å². The Kier molecular flexibility index (Phi) is 3.87. The molecular weight excluding hydrogens is 248 g/mol. The lowest BCUT2D eigenvalue weighted by Crippen LogP contribution is -2.40. The summed E-state index contributed by atoms with van der Waals surface area (Å²) in [5, 5.41) is 8.39. The molecule has 0 amide bonds. The third-order valence-electron chi connectivity index (χ3n) is 5.33. The quantitative estimate of drug-likeness (QED) is 0.919. The van der Waals surface area contributed by atoms with Crippen molar-refractivity contribution in [2.24, 2.45) is 5.92 Å². The number of piperidine rings is 1. The van der Waals surface area contributed by atoms with Crippen LogP contribution >= 0.6 is 0 Å². The van der Waals surface area contributed by atoms with Crippen LogP contribution in [-0.2, 0) is 6.54 Å². The largest absolute Gasteiger partial charge is 0.312 e. The molecule has 1 aromatic heterocycles. The van der Waals surface area contributed by atoms with Crippen molar-refractivity contribution in [2.45, 2.75) is 59.2 Å². The fraction of sp³-hybridized carbons (Fsp3) is 0.812. The number of hydrogen-bond acceptors (Lipinski definition) is 3. The van der Waals surface area contributed by atoms with Gasteiger partial charge in [0.2, 0.25) is 0 Å². The number of fused-ring (bicyclic) bond motifs is 1. The normalized spacial score (nSPS) is 28.6. The van der Waals surface area contributed by atoms with Gasteiger partial charge in [0.25, 0.3) is 0 Å². The van der Waals surface area contributed by atoms with Crippen molar-refractivity contribution in [2.75, 3.05) is 19.6 Å². The zero-order valence-corrected chi connectivity index (χ0v) is 13.3. The Morgan fingerprint density at radius 1 is 1.35 bits per heavy atom. The maximum absolute atomic E-state index is 4.69. The summed E-state index contributed by atoms with van der Waals surface area (Å²) in [6.07, 6.45) is 2.74. The molecule has 3 heterocycles. The van der Waals surface area contributed by atoms with Crippen LogP contribution in [0.15, 0.2) is 0 Å². The third-order valence-corrected chi connectivity index (χ3v) is 5.33. The number of hydrogen-bond donors (Lipinski definition) is 1. The fourth-order valence-electron chi connectivity index (χ4n) is 4.20. The Hall–Kier alpha value is -0.870.